The zero-order chi connectivity index (χ0) is 11.9. The fourth-order valence-electron chi connectivity index (χ4n) is 1.99. The number of carbonyl (C=O) groups is 1. The number of aromatic nitrogens is 5. The van der Waals surface area contributed by atoms with Crippen LogP contribution in [0.2, 0.25) is 0 Å². The first-order valence-electron chi connectivity index (χ1n) is 5.15. The summed E-state index contributed by atoms with van der Waals surface area (Å²) >= 11 is 1.42. The predicted molar refractivity (Wildman–Crippen MR) is 58.4 cm³/mol. The van der Waals surface area contributed by atoms with Crippen LogP contribution in [0.3, 0.4) is 0 Å². The highest BCUT2D eigenvalue weighted by Crippen LogP contribution is 2.40. The van der Waals surface area contributed by atoms with Crippen molar-refractivity contribution in [3.63, 3.8) is 0 Å². The van der Waals surface area contributed by atoms with Gasteiger partial charge < -0.3 is 5.11 Å². The average molecular weight is 251 g/mol. The van der Waals surface area contributed by atoms with Crippen LogP contribution in [0, 0.1) is 0 Å². The topological polar surface area (TPSA) is 93.8 Å². The van der Waals surface area contributed by atoms with Gasteiger partial charge in [0.05, 0.1) is 5.51 Å². The van der Waals surface area contributed by atoms with Gasteiger partial charge in [0.1, 0.15) is 5.69 Å². The smallest absolute Gasteiger partial charge is 0.331 e. The van der Waals surface area contributed by atoms with E-state index in [4.69, 9.17) is 0 Å². The van der Waals surface area contributed by atoms with Gasteiger partial charge in [0.25, 0.3) is 0 Å². The second-order valence-electron chi connectivity index (χ2n) is 3.98. The fraction of sp³-hybridized carbons (Fsp3) is 0.444. The van der Waals surface area contributed by atoms with Gasteiger partial charge in [0.15, 0.2) is 5.54 Å². The van der Waals surface area contributed by atoms with Crippen LogP contribution in [0.4, 0.5) is 0 Å². The number of rotatable bonds is 3. The Morgan fingerprint density at radius 2 is 2.35 bits per heavy atom. The Kier molecular flexibility index (Phi) is 2.18. The number of carboxylic acids is 1. The third kappa shape index (κ3) is 1.37. The minimum Gasteiger partial charge on any atom is -0.479 e. The average Bonchev–Trinajstić information content (AvgIpc) is 2.82. The van der Waals surface area contributed by atoms with E-state index in [2.05, 4.69) is 20.5 Å². The molecule has 88 valence electrons. The largest absolute Gasteiger partial charge is 0.479 e. The third-order valence-corrected chi connectivity index (χ3v) is 3.70. The summed E-state index contributed by atoms with van der Waals surface area (Å²) in [6.45, 7) is 0. The van der Waals surface area contributed by atoms with Crippen molar-refractivity contribution in [2.24, 2.45) is 0 Å². The zero-order valence-corrected chi connectivity index (χ0v) is 9.59. The van der Waals surface area contributed by atoms with Gasteiger partial charge in [0, 0.05) is 5.38 Å². The monoisotopic (exact) mass is 251 g/mol. The number of thiazole rings is 1. The second-order valence-corrected chi connectivity index (χ2v) is 4.70. The molecule has 0 atom stereocenters. The lowest BCUT2D eigenvalue weighted by Gasteiger charge is -2.37. The van der Waals surface area contributed by atoms with Gasteiger partial charge in [-0.15, -0.1) is 16.4 Å². The molecule has 7 nitrogen and oxygen atoms in total. The fourth-order valence-corrected chi connectivity index (χ4v) is 2.52. The Bertz CT molecular complexity index is 545. The van der Waals surface area contributed by atoms with Crippen molar-refractivity contribution in [1.29, 1.82) is 0 Å². The van der Waals surface area contributed by atoms with Crippen molar-refractivity contribution >= 4 is 17.3 Å². The van der Waals surface area contributed by atoms with Crippen LogP contribution < -0.4 is 0 Å². The molecule has 1 aliphatic rings. The lowest BCUT2D eigenvalue weighted by Crippen LogP contribution is -2.48. The normalized spacial score (nSPS) is 17.6. The first-order valence-corrected chi connectivity index (χ1v) is 6.09. The maximum Gasteiger partial charge on any atom is 0.331 e. The molecule has 8 heteroatoms. The molecule has 1 fully saturated rings. The Morgan fingerprint density at radius 3 is 2.88 bits per heavy atom. The summed E-state index contributed by atoms with van der Waals surface area (Å²) in [5.74, 6) is -0.458. The van der Waals surface area contributed by atoms with Gasteiger partial charge in [-0.2, -0.15) is 0 Å². The Hall–Kier alpha value is -1.83. The van der Waals surface area contributed by atoms with Crippen molar-refractivity contribution in [3.8, 4) is 11.5 Å². The maximum absolute atomic E-state index is 11.4. The number of hydrogen-bond acceptors (Lipinski definition) is 6. The first-order chi connectivity index (χ1) is 8.24. The molecule has 2 aromatic heterocycles. The molecule has 0 unspecified atom stereocenters. The maximum atomic E-state index is 11.4. The van der Waals surface area contributed by atoms with Gasteiger partial charge in [-0.05, 0) is 29.7 Å². The number of nitrogens with zero attached hydrogens (tertiary/aromatic N) is 5. The van der Waals surface area contributed by atoms with Gasteiger partial charge in [-0.1, -0.05) is 0 Å². The summed E-state index contributed by atoms with van der Waals surface area (Å²) < 4.78 is 1.40. The van der Waals surface area contributed by atoms with Crippen LogP contribution in [-0.2, 0) is 10.3 Å². The van der Waals surface area contributed by atoms with Gasteiger partial charge in [-0.25, -0.2) is 14.5 Å². The van der Waals surface area contributed by atoms with E-state index in [1.807, 2.05) is 0 Å². The number of hydrogen-bond donors (Lipinski definition) is 1. The van der Waals surface area contributed by atoms with E-state index in [1.165, 1.54) is 16.0 Å². The molecule has 1 saturated carbocycles. The number of carboxylic acid groups (broad SMARTS) is 1. The van der Waals surface area contributed by atoms with Crippen LogP contribution in [0.1, 0.15) is 19.3 Å². The molecule has 0 aromatic carbocycles. The summed E-state index contributed by atoms with van der Waals surface area (Å²) in [6, 6.07) is 0. The zero-order valence-electron chi connectivity index (χ0n) is 8.78. The molecule has 0 radical (unpaired) electrons. The van der Waals surface area contributed by atoms with Crippen LogP contribution in [0.15, 0.2) is 10.9 Å². The van der Waals surface area contributed by atoms with Crippen molar-refractivity contribution in [1.82, 2.24) is 25.2 Å². The van der Waals surface area contributed by atoms with Crippen LogP contribution >= 0.6 is 11.3 Å². The van der Waals surface area contributed by atoms with Crippen molar-refractivity contribution in [3.05, 3.63) is 10.9 Å². The quantitative estimate of drug-likeness (QED) is 0.865. The molecule has 17 heavy (non-hydrogen) atoms. The molecular weight excluding hydrogens is 242 g/mol. The summed E-state index contributed by atoms with van der Waals surface area (Å²) in [6.07, 6.45) is 2.00. The standard InChI is InChI=1S/C9H9N5O2S/c15-8(16)9(2-1-3-9)14-7(11-12-13-14)6-4-17-5-10-6/h4-5H,1-3H2,(H,15,16). The van der Waals surface area contributed by atoms with Crippen LogP contribution in [0.5, 0.6) is 0 Å². The molecule has 1 N–H and O–H groups in total. The minimum absolute atomic E-state index is 0.424. The van der Waals surface area contributed by atoms with Gasteiger partial charge in [0.2, 0.25) is 5.82 Å². The van der Waals surface area contributed by atoms with E-state index < -0.39 is 11.5 Å². The van der Waals surface area contributed by atoms with Crippen LogP contribution in [0.25, 0.3) is 11.5 Å². The molecule has 2 aromatic rings. The molecule has 0 amide bonds. The van der Waals surface area contributed by atoms with Gasteiger partial charge >= 0.3 is 5.97 Å². The number of tetrazole rings is 1. The Morgan fingerprint density at radius 1 is 1.53 bits per heavy atom. The molecule has 0 bridgehead atoms. The molecular formula is C9H9N5O2S. The van der Waals surface area contributed by atoms with Crippen LogP contribution in [-0.4, -0.2) is 36.3 Å². The number of aliphatic carboxylic acids is 1. The molecule has 3 rings (SSSR count). The van der Waals surface area contributed by atoms with E-state index in [1.54, 1.807) is 10.9 Å². The first kappa shape index (κ1) is 10.3. The van der Waals surface area contributed by atoms with E-state index in [-0.39, 0.29) is 0 Å². The third-order valence-electron chi connectivity index (χ3n) is 3.12. The molecule has 0 aliphatic heterocycles. The lowest BCUT2D eigenvalue weighted by atomic mass is 9.77. The molecule has 0 saturated heterocycles. The lowest BCUT2D eigenvalue weighted by molar-refractivity contribution is -0.153. The van der Waals surface area contributed by atoms with Crippen molar-refractivity contribution in [2.75, 3.05) is 0 Å². The highest BCUT2D eigenvalue weighted by atomic mass is 32.1. The Labute approximate surface area is 100 Å². The molecule has 1 aliphatic carbocycles. The molecule has 0 spiro atoms. The van der Waals surface area contributed by atoms with Crippen molar-refractivity contribution in [2.45, 2.75) is 24.8 Å². The Balaban J connectivity index is 2.10. The van der Waals surface area contributed by atoms with E-state index >= 15 is 0 Å². The predicted octanol–water partition coefficient (Wildman–Crippen LogP) is 0.760. The second kappa shape index (κ2) is 3.59. The SMILES string of the molecule is O=C(O)C1(n2nnnc2-c2cscn2)CCC1. The van der Waals surface area contributed by atoms with E-state index in [9.17, 15) is 9.90 Å². The van der Waals surface area contributed by atoms with E-state index in [0.29, 0.717) is 24.4 Å². The summed E-state index contributed by atoms with van der Waals surface area (Å²) in [4.78, 5) is 15.5. The van der Waals surface area contributed by atoms with Crippen molar-refractivity contribution < 1.29 is 9.90 Å². The summed E-state index contributed by atoms with van der Waals surface area (Å²) in [5.41, 5.74) is 1.30. The summed E-state index contributed by atoms with van der Waals surface area (Å²) in [5, 5.41) is 22.4. The minimum atomic E-state index is -0.984. The molecule has 2 heterocycles. The highest BCUT2D eigenvalue weighted by Gasteiger charge is 2.49. The highest BCUT2D eigenvalue weighted by molar-refractivity contribution is 7.07. The van der Waals surface area contributed by atoms with E-state index in [0.717, 1.165) is 6.42 Å². The summed E-state index contributed by atoms with van der Waals surface area (Å²) in [7, 11) is 0. The van der Waals surface area contributed by atoms with Gasteiger partial charge in [-0.3, -0.25) is 0 Å².